The number of hydrogen-bond donors (Lipinski definition) is 2. The molecule has 1 unspecified atom stereocenters. The molecule has 2 aromatic rings. The van der Waals surface area contributed by atoms with Gasteiger partial charge in [0.25, 0.3) is 0 Å². The molecule has 2 N–H and O–H groups in total. The van der Waals surface area contributed by atoms with Crippen molar-refractivity contribution in [2.75, 3.05) is 11.9 Å². The molecule has 1 atom stereocenters. The summed E-state index contributed by atoms with van der Waals surface area (Å²) in [6.45, 7) is 4.06. The zero-order valence-corrected chi connectivity index (χ0v) is 11.4. The second-order valence-corrected chi connectivity index (χ2v) is 4.98. The first-order chi connectivity index (χ1) is 9.50. The summed E-state index contributed by atoms with van der Waals surface area (Å²) in [7, 11) is 0. The minimum atomic E-state index is -0.556. The zero-order valence-electron chi connectivity index (χ0n) is 11.4. The topological polar surface area (TPSA) is 88.3 Å². The number of aromatic nitrogens is 1. The van der Waals surface area contributed by atoms with Crippen molar-refractivity contribution >= 4 is 22.3 Å². The van der Waals surface area contributed by atoms with Gasteiger partial charge in [-0.05, 0) is 30.2 Å². The number of anilines is 1. The predicted octanol–water partition coefficient (Wildman–Crippen LogP) is 2.57. The van der Waals surface area contributed by atoms with E-state index in [9.17, 15) is 15.2 Å². The van der Waals surface area contributed by atoms with Crippen LogP contribution in [-0.4, -0.2) is 27.7 Å². The fourth-order valence-corrected chi connectivity index (χ4v) is 1.93. The first kappa shape index (κ1) is 14.2. The van der Waals surface area contributed by atoms with Crippen molar-refractivity contribution in [3.8, 4) is 0 Å². The van der Waals surface area contributed by atoms with E-state index in [1.54, 1.807) is 30.5 Å². The van der Waals surface area contributed by atoms with Gasteiger partial charge in [-0.15, -0.1) is 0 Å². The van der Waals surface area contributed by atoms with Gasteiger partial charge >= 0.3 is 5.69 Å². The lowest BCUT2D eigenvalue weighted by Gasteiger charge is -2.16. The number of fused-ring (bicyclic) bond motifs is 1. The lowest BCUT2D eigenvalue weighted by molar-refractivity contribution is -0.382. The summed E-state index contributed by atoms with van der Waals surface area (Å²) in [4.78, 5) is 15.0. The maximum absolute atomic E-state index is 11.3. The van der Waals surface area contributed by atoms with Gasteiger partial charge in [0.15, 0.2) is 0 Å². The van der Waals surface area contributed by atoms with E-state index >= 15 is 0 Å². The molecule has 0 aliphatic heterocycles. The van der Waals surface area contributed by atoms with Crippen LogP contribution >= 0.6 is 0 Å². The molecule has 0 bridgehead atoms. The molecule has 1 aromatic carbocycles. The van der Waals surface area contributed by atoms with Crippen molar-refractivity contribution in [1.82, 2.24) is 4.98 Å². The lowest BCUT2D eigenvalue weighted by atomic mass is 10.1. The highest BCUT2D eigenvalue weighted by Crippen LogP contribution is 2.32. The predicted molar refractivity (Wildman–Crippen MR) is 77.7 cm³/mol. The van der Waals surface area contributed by atoms with Crippen molar-refractivity contribution in [3.05, 3.63) is 40.6 Å². The average Bonchev–Trinajstić information content (AvgIpc) is 2.43. The molecule has 0 amide bonds. The number of aliphatic hydroxyl groups is 1. The Morgan fingerprint density at radius 2 is 2.15 bits per heavy atom. The van der Waals surface area contributed by atoms with E-state index in [2.05, 4.69) is 10.3 Å². The van der Waals surface area contributed by atoms with E-state index in [0.29, 0.717) is 16.6 Å². The number of nitro benzene ring substituents is 1. The highest BCUT2D eigenvalue weighted by Gasteiger charge is 2.19. The Bertz CT molecular complexity index is 628. The second kappa shape index (κ2) is 5.83. The van der Waals surface area contributed by atoms with Gasteiger partial charge < -0.3 is 10.4 Å². The maximum atomic E-state index is 11.3. The van der Waals surface area contributed by atoms with E-state index < -0.39 is 11.0 Å². The maximum Gasteiger partial charge on any atom is 0.301 e. The molecule has 0 aliphatic rings. The molecular weight excluding hydrogens is 258 g/mol. The molecule has 106 valence electrons. The third kappa shape index (κ3) is 2.85. The summed E-state index contributed by atoms with van der Waals surface area (Å²) in [6, 6.07) is 6.69. The number of pyridine rings is 1. The number of aliphatic hydroxyl groups excluding tert-OH is 1. The zero-order chi connectivity index (χ0) is 14.7. The number of benzene rings is 1. The number of nitro groups is 1. The number of rotatable bonds is 5. The van der Waals surface area contributed by atoms with Crippen LogP contribution in [0, 0.1) is 16.0 Å². The Balaban J connectivity index is 2.38. The molecular formula is C14H17N3O3. The van der Waals surface area contributed by atoms with Crippen molar-refractivity contribution < 1.29 is 10.0 Å². The van der Waals surface area contributed by atoms with Crippen LogP contribution in [0.3, 0.4) is 0 Å². The Morgan fingerprint density at radius 3 is 2.80 bits per heavy atom. The minimum Gasteiger partial charge on any atom is -0.391 e. The largest absolute Gasteiger partial charge is 0.391 e. The van der Waals surface area contributed by atoms with Crippen molar-refractivity contribution in [3.63, 3.8) is 0 Å². The summed E-state index contributed by atoms with van der Waals surface area (Å²) < 4.78 is 0. The Hall–Kier alpha value is -2.21. The fourth-order valence-electron chi connectivity index (χ4n) is 1.93. The Morgan fingerprint density at radius 1 is 1.40 bits per heavy atom. The van der Waals surface area contributed by atoms with Crippen LogP contribution in [0.4, 0.5) is 11.4 Å². The van der Waals surface area contributed by atoms with Gasteiger partial charge in [-0.25, -0.2) is 0 Å². The molecule has 2 rings (SSSR count). The van der Waals surface area contributed by atoms with Crippen LogP contribution < -0.4 is 5.32 Å². The molecule has 0 aliphatic carbocycles. The van der Waals surface area contributed by atoms with Gasteiger partial charge in [0.05, 0.1) is 21.9 Å². The van der Waals surface area contributed by atoms with Crippen LogP contribution in [0.1, 0.15) is 13.8 Å². The van der Waals surface area contributed by atoms with E-state index in [1.807, 2.05) is 13.8 Å². The van der Waals surface area contributed by atoms with Crippen LogP contribution in [0.25, 0.3) is 10.9 Å². The first-order valence-corrected chi connectivity index (χ1v) is 6.44. The minimum absolute atomic E-state index is 0.00782. The standard InChI is InChI=1S/C14H17N3O3/c1-9(2)13(18)8-16-12-6-5-11-10(4-3-7-15-11)14(12)17(19)20/h3-7,9,13,16,18H,8H2,1-2H3. The summed E-state index contributed by atoms with van der Waals surface area (Å²) in [5.41, 5.74) is 0.968. The van der Waals surface area contributed by atoms with E-state index in [4.69, 9.17) is 0 Å². The monoisotopic (exact) mass is 275 g/mol. The van der Waals surface area contributed by atoms with Crippen molar-refractivity contribution in [2.24, 2.45) is 5.92 Å². The molecule has 6 nitrogen and oxygen atoms in total. The van der Waals surface area contributed by atoms with E-state index in [1.165, 1.54) is 0 Å². The molecule has 6 heteroatoms. The number of nitrogens with one attached hydrogen (secondary N) is 1. The summed E-state index contributed by atoms with van der Waals surface area (Å²) in [5, 5.41) is 24.5. The van der Waals surface area contributed by atoms with Gasteiger partial charge in [-0.1, -0.05) is 13.8 Å². The van der Waals surface area contributed by atoms with Crippen molar-refractivity contribution in [1.29, 1.82) is 0 Å². The van der Waals surface area contributed by atoms with Gasteiger partial charge in [0.1, 0.15) is 5.69 Å². The fraction of sp³-hybridized carbons (Fsp3) is 0.357. The van der Waals surface area contributed by atoms with Crippen LogP contribution in [0.15, 0.2) is 30.5 Å². The molecule has 0 spiro atoms. The van der Waals surface area contributed by atoms with E-state index in [0.717, 1.165) is 0 Å². The molecule has 0 saturated carbocycles. The molecule has 1 aromatic heterocycles. The van der Waals surface area contributed by atoms with Crippen LogP contribution in [0.5, 0.6) is 0 Å². The smallest absolute Gasteiger partial charge is 0.301 e. The number of hydrogen-bond acceptors (Lipinski definition) is 5. The van der Waals surface area contributed by atoms with Crippen LogP contribution in [-0.2, 0) is 0 Å². The molecule has 0 fully saturated rings. The van der Waals surface area contributed by atoms with Crippen LogP contribution in [0.2, 0.25) is 0 Å². The number of nitrogens with zero attached hydrogens (tertiary/aromatic N) is 2. The van der Waals surface area contributed by atoms with Gasteiger partial charge in [0.2, 0.25) is 0 Å². The normalized spacial score (nSPS) is 12.6. The summed E-state index contributed by atoms with van der Waals surface area (Å²) >= 11 is 0. The highest BCUT2D eigenvalue weighted by molar-refractivity contribution is 5.94. The first-order valence-electron chi connectivity index (χ1n) is 6.44. The van der Waals surface area contributed by atoms with Gasteiger partial charge in [0, 0.05) is 12.7 Å². The van der Waals surface area contributed by atoms with E-state index in [-0.39, 0.29) is 18.2 Å². The molecule has 0 saturated heterocycles. The Labute approximate surface area is 116 Å². The third-order valence-electron chi connectivity index (χ3n) is 3.21. The SMILES string of the molecule is CC(C)C(O)CNc1ccc2ncccc2c1[N+](=O)[O-]. The highest BCUT2D eigenvalue weighted by atomic mass is 16.6. The molecule has 1 heterocycles. The lowest BCUT2D eigenvalue weighted by Crippen LogP contribution is -2.25. The third-order valence-corrected chi connectivity index (χ3v) is 3.21. The Kier molecular flexibility index (Phi) is 4.14. The quantitative estimate of drug-likeness (QED) is 0.646. The van der Waals surface area contributed by atoms with Gasteiger partial charge in [-0.3, -0.25) is 15.1 Å². The average molecular weight is 275 g/mol. The second-order valence-electron chi connectivity index (χ2n) is 4.98. The van der Waals surface area contributed by atoms with Crippen molar-refractivity contribution in [2.45, 2.75) is 20.0 Å². The van der Waals surface area contributed by atoms with Gasteiger partial charge in [-0.2, -0.15) is 0 Å². The molecule has 0 radical (unpaired) electrons. The molecule has 20 heavy (non-hydrogen) atoms. The summed E-state index contributed by atoms with van der Waals surface area (Å²) in [6.07, 6.45) is 1.04. The summed E-state index contributed by atoms with van der Waals surface area (Å²) in [5.74, 6) is 0.0867.